The molecule has 128 valence electrons. The van der Waals surface area contributed by atoms with Gasteiger partial charge in [-0.25, -0.2) is 0 Å². The summed E-state index contributed by atoms with van der Waals surface area (Å²) in [4.78, 5) is 14.6. The first-order valence-corrected chi connectivity index (χ1v) is 8.56. The number of nitrogens with zero attached hydrogens (tertiary/aromatic N) is 1. The maximum absolute atomic E-state index is 12.3. The number of morpholine rings is 1. The van der Waals surface area contributed by atoms with Gasteiger partial charge in [-0.2, -0.15) is 0 Å². The number of amides is 1. The van der Waals surface area contributed by atoms with Gasteiger partial charge in [0.1, 0.15) is 5.75 Å². The molecule has 0 aliphatic carbocycles. The summed E-state index contributed by atoms with van der Waals surface area (Å²) in [6, 6.07) is 7.95. The van der Waals surface area contributed by atoms with Gasteiger partial charge in [0.05, 0.1) is 13.2 Å². The van der Waals surface area contributed by atoms with Crippen molar-refractivity contribution in [2.24, 2.45) is 0 Å². The first-order chi connectivity index (χ1) is 11.2. The highest BCUT2D eigenvalue weighted by Gasteiger charge is 2.18. The number of rotatable bonds is 8. The van der Waals surface area contributed by atoms with Crippen LogP contribution in [-0.4, -0.2) is 56.3 Å². The van der Waals surface area contributed by atoms with Crippen molar-refractivity contribution in [3.8, 4) is 5.75 Å². The van der Waals surface area contributed by atoms with Crippen LogP contribution in [0.2, 0.25) is 0 Å². The molecule has 0 bridgehead atoms. The highest BCUT2D eigenvalue weighted by molar-refractivity contribution is 5.81. The van der Waals surface area contributed by atoms with E-state index in [1.54, 1.807) is 0 Å². The second kappa shape index (κ2) is 9.53. The van der Waals surface area contributed by atoms with Gasteiger partial charge in [-0.1, -0.05) is 26.0 Å². The van der Waals surface area contributed by atoms with Crippen LogP contribution in [0.5, 0.6) is 5.75 Å². The zero-order valence-electron chi connectivity index (χ0n) is 14.2. The molecule has 5 nitrogen and oxygen atoms in total. The Morgan fingerprint density at radius 2 is 1.96 bits per heavy atom. The van der Waals surface area contributed by atoms with E-state index in [4.69, 9.17) is 9.47 Å². The Morgan fingerprint density at radius 3 is 2.57 bits per heavy atom. The lowest BCUT2D eigenvalue weighted by Crippen LogP contribution is -2.44. The van der Waals surface area contributed by atoms with Gasteiger partial charge in [0.15, 0.2) is 6.10 Å². The molecule has 1 amide bonds. The number of hydrogen-bond donors (Lipinski definition) is 1. The minimum atomic E-state index is -0.438. The molecule has 5 heteroatoms. The third kappa shape index (κ3) is 5.84. The van der Waals surface area contributed by atoms with Gasteiger partial charge < -0.3 is 14.8 Å². The van der Waals surface area contributed by atoms with E-state index >= 15 is 0 Å². The van der Waals surface area contributed by atoms with E-state index in [9.17, 15) is 4.79 Å². The Morgan fingerprint density at radius 1 is 1.26 bits per heavy atom. The second-order valence-corrected chi connectivity index (χ2v) is 5.76. The van der Waals surface area contributed by atoms with E-state index in [0.29, 0.717) is 13.0 Å². The Labute approximate surface area is 139 Å². The van der Waals surface area contributed by atoms with Crippen LogP contribution in [0.15, 0.2) is 24.3 Å². The van der Waals surface area contributed by atoms with Crippen molar-refractivity contribution in [3.05, 3.63) is 29.8 Å². The number of carbonyl (C=O) groups is 1. The number of aryl methyl sites for hydroxylation is 1. The average molecular weight is 320 g/mol. The summed E-state index contributed by atoms with van der Waals surface area (Å²) in [6.45, 7) is 9.02. The summed E-state index contributed by atoms with van der Waals surface area (Å²) in [6.07, 6.45) is 1.21. The van der Waals surface area contributed by atoms with Crippen molar-refractivity contribution in [1.29, 1.82) is 0 Å². The summed E-state index contributed by atoms with van der Waals surface area (Å²) in [5.74, 6) is 0.706. The summed E-state index contributed by atoms with van der Waals surface area (Å²) in [7, 11) is 0. The summed E-state index contributed by atoms with van der Waals surface area (Å²) in [5, 5.41) is 2.98. The fourth-order valence-corrected chi connectivity index (χ4v) is 2.57. The van der Waals surface area contributed by atoms with Gasteiger partial charge >= 0.3 is 0 Å². The van der Waals surface area contributed by atoms with Crippen molar-refractivity contribution in [3.63, 3.8) is 0 Å². The molecule has 1 saturated heterocycles. The van der Waals surface area contributed by atoms with Crippen LogP contribution in [0.3, 0.4) is 0 Å². The van der Waals surface area contributed by atoms with Gasteiger partial charge in [0.25, 0.3) is 5.91 Å². The van der Waals surface area contributed by atoms with Crippen molar-refractivity contribution in [1.82, 2.24) is 10.2 Å². The molecule has 1 aliphatic rings. The van der Waals surface area contributed by atoms with Gasteiger partial charge in [-0.05, 0) is 30.5 Å². The molecule has 23 heavy (non-hydrogen) atoms. The van der Waals surface area contributed by atoms with Gasteiger partial charge in [-0.3, -0.25) is 9.69 Å². The zero-order valence-corrected chi connectivity index (χ0v) is 14.2. The fraction of sp³-hybridized carbons (Fsp3) is 0.611. The predicted octanol–water partition coefficient (Wildman–Crippen LogP) is 1.85. The van der Waals surface area contributed by atoms with E-state index in [2.05, 4.69) is 17.1 Å². The molecule has 2 rings (SSSR count). The monoisotopic (exact) mass is 320 g/mol. The number of benzene rings is 1. The summed E-state index contributed by atoms with van der Waals surface area (Å²) in [5.41, 5.74) is 1.26. The Hall–Kier alpha value is -1.59. The quantitative estimate of drug-likeness (QED) is 0.794. The van der Waals surface area contributed by atoms with E-state index in [0.717, 1.165) is 45.0 Å². The third-order valence-electron chi connectivity index (χ3n) is 4.10. The maximum atomic E-state index is 12.3. The summed E-state index contributed by atoms with van der Waals surface area (Å²) >= 11 is 0. The van der Waals surface area contributed by atoms with Crippen LogP contribution in [0.25, 0.3) is 0 Å². The zero-order chi connectivity index (χ0) is 16.5. The molecule has 0 aromatic heterocycles. The van der Waals surface area contributed by atoms with Crippen LogP contribution in [0.1, 0.15) is 25.8 Å². The van der Waals surface area contributed by atoms with Crippen molar-refractivity contribution < 1.29 is 14.3 Å². The number of nitrogens with one attached hydrogen (secondary N) is 1. The molecule has 1 aromatic carbocycles. The van der Waals surface area contributed by atoms with Crippen LogP contribution in [-0.2, 0) is 16.0 Å². The van der Waals surface area contributed by atoms with Crippen LogP contribution >= 0.6 is 0 Å². The predicted molar refractivity (Wildman–Crippen MR) is 90.8 cm³/mol. The van der Waals surface area contributed by atoms with E-state index < -0.39 is 6.10 Å². The minimum Gasteiger partial charge on any atom is -0.481 e. The molecular weight excluding hydrogens is 292 g/mol. The van der Waals surface area contributed by atoms with Gasteiger partial charge in [0, 0.05) is 26.2 Å². The lowest BCUT2D eigenvalue weighted by atomic mass is 10.2. The molecule has 1 N–H and O–H groups in total. The van der Waals surface area contributed by atoms with Crippen molar-refractivity contribution in [2.75, 3.05) is 39.4 Å². The Balaban J connectivity index is 1.75. The lowest BCUT2D eigenvalue weighted by Gasteiger charge is -2.26. The van der Waals surface area contributed by atoms with Gasteiger partial charge in [0.2, 0.25) is 0 Å². The van der Waals surface area contributed by atoms with E-state index in [1.165, 1.54) is 5.56 Å². The summed E-state index contributed by atoms with van der Waals surface area (Å²) < 4.78 is 11.1. The highest BCUT2D eigenvalue weighted by Crippen LogP contribution is 2.15. The lowest BCUT2D eigenvalue weighted by molar-refractivity contribution is -0.128. The standard InChI is InChI=1S/C18H28N2O3/c1-3-15-5-7-16(8-6-15)23-17(4-2)18(21)19-9-10-20-11-13-22-14-12-20/h5-8,17H,3-4,9-14H2,1-2H3,(H,19,21)/t17-/m1/s1. The number of ether oxygens (including phenoxy) is 2. The van der Waals surface area contributed by atoms with Crippen LogP contribution < -0.4 is 10.1 Å². The molecular formula is C18H28N2O3. The molecule has 1 atom stereocenters. The molecule has 0 saturated carbocycles. The van der Waals surface area contributed by atoms with Gasteiger partial charge in [-0.15, -0.1) is 0 Å². The molecule has 1 aromatic rings. The fourth-order valence-electron chi connectivity index (χ4n) is 2.57. The first-order valence-electron chi connectivity index (χ1n) is 8.56. The third-order valence-corrected chi connectivity index (χ3v) is 4.10. The molecule has 0 radical (unpaired) electrons. The van der Waals surface area contributed by atoms with Crippen LogP contribution in [0.4, 0.5) is 0 Å². The Bertz CT molecular complexity index is 470. The minimum absolute atomic E-state index is 0.0414. The highest BCUT2D eigenvalue weighted by atomic mass is 16.5. The smallest absolute Gasteiger partial charge is 0.261 e. The normalized spacial score (nSPS) is 16.8. The molecule has 1 heterocycles. The van der Waals surface area contributed by atoms with Crippen molar-refractivity contribution >= 4 is 5.91 Å². The van der Waals surface area contributed by atoms with Crippen LogP contribution in [0, 0.1) is 0 Å². The topological polar surface area (TPSA) is 50.8 Å². The molecule has 1 fully saturated rings. The number of carbonyl (C=O) groups excluding carboxylic acids is 1. The van der Waals surface area contributed by atoms with E-state index in [1.807, 2.05) is 31.2 Å². The second-order valence-electron chi connectivity index (χ2n) is 5.76. The largest absolute Gasteiger partial charge is 0.481 e. The van der Waals surface area contributed by atoms with E-state index in [-0.39, 0.29) is 5.91 Å². The average Bonchev–Trinajstić information content (AvgIpc) is 2.61. The SMILES string of the molecule is CCc1ccc(O[C@H](CC)C(=O)NCCN2CCOCC2)cc1. The van der Waals surface area contributed by atoms with Crippen molar-refractivity contribution in [2.45, 2.75) is 32.8 Å². The molecule has 0 spiro atoms. The molecule has 0 unspecified atom stereocenters. The Kier molecular flexibility index (Phi) is 7.36. The first kappa shape index (κ1) is 17.8. The number of hydrogen-bond acceptors (Lipinski definition) is 4. The maximum Gasteiger partial charge on any atom is 0.261 e. The molecule has 1 aliphatic heterocycles.